The van der Waals surface area contributed by atoms with Gasteiger partial charge in [0, 0.05) is 25.7 Å². The first-order valence-electron chi connectivity index (χ1n) is 41.2. The highest BCUT2D eigenvalue weighted by Gasteiger charge is 2.30. The first-order valence-corrected chi connectivity index (χ1v) is 44.2. The number of rotatable bonds is 79. The second-order valence-electron chi connectivity index (χ2n) is 28.7. The van der Waals surface area contributed by atoms with Crippen molar-refractivity contribution in [3.05, 3.63) is 0 Å². The predicted molar refractivity (Wildman–Crippen MR) is 400 cm³/mol. The molecule has 3 unspecified atom stereocenters. The molecule has 0 fully saturated rings. The summed E-state index contributed by atoms with van der Waals surface area (Å²) in [6.07, 6.45) is 62.3. The Balaban J connectivity index is 5.25. The van der Waals surface area contributed by atoms with Crippen molar-refractivity contribution < 1.29 is 80.2 Å². The number of esters is 4. The molecule has 0 saturated carbocycles. The van der Waals surface area contributed by atoms with E-state index in [0.717, 1.165) is 95.8 Å². The zero-order valence-electron chi connectivity index (χ0n) is 63.9. The van der Waals surface area contributed by atoms with Gasteiger partial charge in [-0.2, -0.15) is 0 Å². The number of phosphoric ester groups is 2. The molecule has 0 aliphatic heterocycles. The average Bonchev–Trinajstić information content (AvgIpc) is 1.35. The van der Waals surface area contributed by atoms with E-state index in [-0.39, 0.29) is 25.7 Å². The summed E-state index contributed by atoms with van der Waals surface area (Å²) in [5, 5.41) is 10.6. The van der Waals surface area contributed by atoms with E-state index in [4.69, 9.17) is 37.0 Å². The molecule has 0 heterocycles. The molecule has 0 radical (unpaired) electrons. The third-order valence-electron chi connectivity index (χ3n) is 18.9. The lowest BCUT2D eigenvalue weighted by atomic mass is 9.99. The Bertz CT molecular complexity index is 1880. The molecule has 0 aromatic heterocycles. The highest BCUT2D eigenvalue weighted by molar-refractivity contribution is 7.47. The standard InChI is InChI=1S/C79H154O17P2/c1-6-10-13-16-19-22-25-28-30-31-32-33-34-37-40-43-50-55-60-65-79(84)95-74(68-89-76(81)62-57-52-47-41-38-36-29-26-23-20-17-14-11-7-2)70-93-97(85,86)91-66-73(80)67-92-98(87,88)94-71-75(69-90-77(82)63-58-53-48-45-44-46-51-56-61-72(5)9-4)96-78(83)64-59-54-49-42-39-35-27-24-21-18-15-12-8-3/h72-75,80H,6-71H2,1-5H3,(H,85,86)(H,87,88)/t72?,73-,74-,75-/m1/s1. The highest BCUT2D eigenvalue weighted by atomic mass is 31.2. The molecule has 17 nitrogen and oxygen atoms in total. The number of hydrogen-bond acceptors (Lipinski definition) is 15. The van der Waals surface area contributed by atoms with Gasteiger partial charge in [-0.3, -0.25) is 37.3 Å². The first kappa shape index (κ1) is 96.1. The second-order valence-corrected chi connectivity index (χ2v) is 31.6. The number of carbonyl (C=O) groups excluding carboxylic acids is 4. The quantitative estimate of drug-likeness (QED) is 0.0222. The van der Waals surface area contributed by atoms with Crippen LogP contribution < -0.4 is 0 Å². The third-order valence-corrected chi connectivity index (χ3v) is 20.8. The van der Waals surface area contributed by atoms with Gasteiger partial charge in [-0.25, -0.2) is 9.13 Å². The van der Waals surface area contributed by atoms with Crippen LogP contribution in [0, 0.1) is 5.92 Å². The van der Waals surface area contributed by atoms with E-state index in [9.17, 15) is 43.2 Å². The fourth-order valence-electron chi connectivity index (χ4n) is 12.2. The SMILES string of the molecule is CCCCCCCCCCCCCCCCCCCCCC(=O)O[C@H](COC(=O)CCCCCCCCCCCCCCCC)COP(=O)(O)OC[C@@H](O)COP(=O)(O)OC[C@@H](COC(=O)CCCCCCCCCCC(C)CC)OC(=O)CCCCCCCCCCCCCCC. The van der Waals surface area contributed by atoms with Crippen molar-refractivity contribution in [2.45, 2.75) is 438 Å². The van der Waals surface area contributed by atoms with Gasteiger partial charge >= 0.3 is 39.5 Å². The molecule has 0 aromatic rings. The molecule has 0 aromatic carbocycles. The van der Waals surface area contributed by atoms with Crippen molar-refractivity contribution in [1.29, 1.82) is 0 Å². The van der Waals surface area contributed by atoms with Crippen molar-refractivity contribution in [2.75, 3.05) is 39.6 Å². The van der Waals surface area contributed by atoms with Crippen LogP contribution in [0.3, 0.4) is 0 Å². The Hall–Kier alpha value is -1.94. The summed E-state index contributed by atoms with van der Waals surface area (Å²) in [7, 11) is -9.92. The molecular formula is C79H154O17P2. The van der Waals surface area contributed by atoms with Gasteiger partial charge in [0.25, 0.3) is 0 Å². The van der Waals surface area contributed by atoms with Crippen LogP contribution in [0.5, 0.6) is 0 Å². The molecule has 0 rings (SSSR count). The van der Waals surface area contributed by atoms with E-state index in [1.807, 2.05) is 0 Å². The third kappa shape index (κ3) is 71.1. The van der Waals surface area contributed by atoms with E-state index >= 15 is 0 Å². The smallest absolute Gasteiger partial charge is 0.462 e. The Morgan fingerprint density at radius 1 is 0.286 bits per heavy atom. The molecule has 19 heteroatoms. The van der Waals surface area contributed by atoms with Gasteiger partial charge in [0.2, 0.25) is 0 Å². The maximum atomic E-state index is 13.1. The minimum Gasteiger partial charge on any atom is -0.462 e. The largest absolute Gasteiger partial charge is 0.472 e. The lowest BCUT2D eigenvalue weighted by molar-refractivity contribution is -0.161. The fraction of sp³-hybridized carbons (Fsp3) is 0.949. The van der Waals surface area contributed by atoms with Gasteiger partial charge in [-0.1, -0.05) is 369 Å². The fourth-order valence-corrected chi connectivity index (χ4v) is 13.8. The van der Waals surface area contributed by atoms with Crippen molar-refractivity contribution >= 4 is 39.5 Å². The molecule has 0 aliphatic rings. The van der Waals surface area contributed by atoms with Crippen LogP contribution in [-0.2, 0) is 65.4 Å². The molecule has 6 atom stereocenters. The number of unbranched alkanes of at least 4 members (excludes halogenated alkanes) is 50. The minimum absolute atomic E-state index is 0.108. The van der Waals surface area contributed by atoms with E-state index < -0.39 is 97.5 Å². The summed E-state index contributed by atoms with van der Waals surface area (Å²) >= 11 is 0. The van der Waals surface area contributed by atoms with Gasteiger partial charge in [0.1, 0.15) is 19.3 Å². The zero-order chi connectivity index (χ0) is 71.9. The number of ether oxygens (including phenoxy) is 4. The van der Waals surface area contributed by atoms with E-state index in [1.165, 1.54) is 244 Å². The summed E-state index contributed by atoms with van der Waals surface area (Å²) in [5.74, 6) is -1.33. The van der Waals surface area contributed by atoms with Gasteiger partial charge < -0.3 is 33.8 Å². The van der Waals surface area contributed by atoms with Gasteiger partial charge in [-0.05, 0) is 31.6 Å². The molecule has 98 heavy (non-hydrogen) atoms. The number of aliphatic hydroxyl groups is 1. The molecule has 0 amide bonds. The number of carbonyl (C=O) groups is 4. The molecule has 0 spiro atoms. The van der Waals surface area contributed by atoms with Crippen LogP contribution in [0.2, 0.25) is 0 Å². The molecule has 582 valence electrons. The van der Waals surface area contributed by atoms with E-state index in [1.54, 1.807) is 0 Å². The van der Waals surface area contributed by atoms with Gasteiger partial charge in [0.15, 0.2) is 12.2 Å². The lowest BCUT2D eigenvalue weighted by Crippen LogP contribution is -2.30. The summed E-state index contributed by atoms with van der Waals surface area (Å²) in [4.78, 5) is 73.0. The average molecular weight is 1440 g/mol. The predicted octanol–water partition coefficient (Wildman–Crippen LogP) is 23.6. The van der Waals surface area contributed by atoms with Crippen molar-refractivity contribution in [3.63, 3.8) is 0 Å². The number of phosphoric acid groups is 2. The Labute approximate surface area is 600 Å². The van der Waals surface area contributed by atoms with Gasteiger partial charge in [-0.15, -0.1) is 0 Å². The highest BCUT2D eigenvalue weighted by Crippen LogP contribution is 2.45. The second kappa shape index (κ2) is 72.0. The van der Waals surface area contributed by atoms with Crippen LogP contribution in [0.25, 0.3) is 0 Å². The molecule has 0 aliphatic carbocycles. The maximum Gasteiger partial charge on any atom is 0.472 e. The Morgan fingerprint density at radius 2 is 0.490 bits per heavy atom. The van der Waals surface area contributed by atoms with Gasteiger partial charge in [0.05, 0.1) is 26.4 Å². The monoisotopic (exact) mass is 1440 g/mol. The molecule has 3 N–H and O–H groups in total. The summed E-state index contributed by atoms with van der Waals surface area (Å²) in [6, 6.07) is 0. The van der Waals surface area contributed by atoms with E-state index in [0.29, 0.717) is 25.7 Å². The van der Waals surface area contributed by atoms with Crippen molar-refractivity contribution in [1.82, 2.24) is 0 Å². The van der Waals surface area contributed by atoms with Crippen molar-refractivity contribution in [2.24, 2.45) is 5.92 Å². The number of aliphatic hydroxyl groups excluding tert-OH is 1. The van der Waals surface area contributed by atoms with Crippen LogP contribution in [0.4, 0.5) is 0 Å². The van der Waals surface area contributed by atoms with Crippen LogP contribution in [0.15, 0.2) is 0 Å². The van der Waals surface area contributed by atoms with Crippen LogP contribution in [0.1, 0.15) is 420 Å². The van der Waals surface area contributed by atoms with Crippen LogP contribution in [-0.4, -0.2) is 96.7 Å². The topological polar surface area (TPSA) is 237 Å². The van der Waals surface area contributed by atoms with Crippen molar-refractivity contribution in [3.8, 4) is 0 Å². The maximum absolute atomic E-state index is 13.1. The minimum atomic E-state index is -4.96. The Kier molecular flexibility index (Phi) is 70.6. The molecule has 0 bridgehead atoms. The lowest BCUT2D eigenvalue weighted by Gasteiger charge is -2.21. The summed E-state index contributed by atoms with van der Waals surface area (Å²) < 4.78 is 68.7. The van der Waals surface area contributed by atoms with E-state index in [2.05, 4.69) is 34.6 Å². The number of hydrogen-bond donors (Lipinski definition) is 3. The first-order chi connectivity index (χ1) is 47.6. The zero-order valence-corrected chi connectivity index (χ0v) is 65.7. The Morgan fingerprint density at radius 3 is 0.724 bits per heavy atom. The molecular weight excluding hydrogens is 1280 g/mol. The summed E-state index contributed by atoms with van der Waals surface area (Å²) in [5.41, 5.74) is 0. The summed E-state index contributed by atoms with van der Waals surface area (Å²) in [6.45, 7) is 7.33. The molecule has 0 saturated heterocycles. The van der Waals surface area contributed by atoms with Crippen LogP contribution >= 0.6 is 15.6 Å². The normalized spacial score (nSPS) is 14.2.